The molecule has 0 heterocycles. The maximum Gasteiger partial charge on any atom is 0.120 e. The Labute approximate surface area is 125 Å². The highest BCUT2D eigenvalue weighted by Gasteiger charge is 2.09. The lowest BCUT2D eigenvalue weighted by Gasteiger charge is -2.21. The first-order valence-electron chi connectivity index (χ1n) is 6.46. The number of rotatable bonds is 5. The molecular weight excluding hydrogens is 272 g/mol. The minimum absolute atomic E-state index is 0.739. The maximum atomic E-state index is 6.38. The molecule has 0 radical (unpaired) electrons. The number of methoxy groups -OCH3 is 1. The van der Waals surface area contributed by atoms with Gasteiger partial charge < -0.3 is 15.0 Å². The summed E-state index contributed by atoms with van der Waals surface area (Å²) in [6, 6.07) is 14.0. The van der Waals surface area contributed by atoms with Crippen LogP contribution >= 0.6 is 11.6 Å². The van der Waals surface area contributed by atoms with Gasteiger partial charge in [-0.15, -0.1) is 0 Å². The lowest BCUT2D eigenvalue weighted by molar-refractivity contribution is 0.415. The van der Waals surface area contributed by atoms with E-state index in [-0.39, 0.29) is 0 Å². The maximum absolute atomic E-state index is 6.38. The lowest BCUT2D eigenvalue weighted by atomic mass is 10.2. The third-order valence-corrected chi connectivity index (χ3v) is 3.50. The second kappa shape index (κ2) is 6.64. The first kappa shape index (κ1) is 14.7. The molecule has 20 heavy (non-hydrogen) atoms. The summed E-state index contributed by atoms with van der Waals surface area (Å²) >= 11 is 6.38. The topological polar surface area (TPSA) is 24.5 Å². The lowest BCUT2D eigenvalue weighted by Crippen LogP contribution is -2.11. The Kier molecular flexibility index (Phi) is 4.88. The van der Waals surface area contributed by atoms with Crippen LogP contribution in [0, 0.1) is 0 Å². The second-order valence-electron chi connectivity index (χ2n) is 4.58. The zero-order valence-electron chi connectivity index (χ0n) is 12.0. The van der Waals surface area contributed by atoms with Gasteiger partial charge >= 0.3 is 0 Å². The fourth-order valence-electron chi connectivity index (χ4n) is 2.09. The normalized spacial score (nSPS) is 10.4. The van der Waals surface area contributed by atoms with Crippen LogP contribution < -0.4 is 15.0 Å². The highest BCUT2D eigenvalue weighted by molar-refractivity contribution is 6.33. The van der Waals surface area contributed by atoms with Crippen molar-refractivity contribution in [2.45, 2.75) is 6.54 Å². The van der Waals surface area contributed by atoms with Crippen LogP contribution in [0.1, 0.15) is 5.56 Å². The summed E-state index contributed by atoms with van der Waals surface area (Å²) in [6.07, 6.45) is 0. The van der Waals surface area contributed by atoms with Gasteiger partial charge in [-0.05, 0) is 36.9 Å². The Hall–Kier alpha value is -1.71. The fourth-order valence-corrected chi connectivity index (χ4v) is 2.42. The largest absolute Gasteiger partial charge is 0.497 e. The van der Waals surface area contributed by atoms with Crippen molar-refractivity contribution in [3.63, 3.8) is 0 Å². The number of ether oxygens (including phenoxy) is 1. The zero-order valence-corrected chi connectivity index (χ0v) is 12.7. The molecule has 0 spiro atoms. The van der Waals surface area contributed by atoms with E-state index < -0.39 is 0 Å². The number of nitrogens with zero attached hydrogens (tertiary/aromatic N) is 1. The Morgan fingerprint density at radius 2 is 2.00 bits per heavy atom. The van der Waals surface area contributed by atoms with Crippen LogP contribution in [-0.2, 0) is 6.54 Å². The molecule has 0 fully saturated rings. The molecule has 0 aliphatic carbocycles. The van der Waals surface area contributed by atoms with Crippen LogP contribution in [0.5, 0.6) is 5.75 Å². The highest BCUT2D eigenvalue weighted by atomic mass is 35.5. The van der Waals surface area contributed by atoms with E-state index in [1.165, 1.54) is 5.56 Å². The van der Waals surface area contributed by atoms with Crippen molar-refractivity contribution in [1.82, 2.24) is 5.32 Å². The molecule has 0 atom stereocenters. The van der Waals surface area contributed by atoms with Crippen molar-refractivity contribution in [2.75, 3.05) is 26.1 Å². The Morgan fingerprint density at radius 3 is 2.65 bits per heavy atom. The van der Waals surface area contributed by atoms with Crippen LogP contribution in [0.3, 0.4) is 0 Å². The number of anilines is 2. The van der Waals surface area contributed by atoms with Gasteiger partial charge in [0, 0.05) is 25.3 Å². The van der Waals surface area contributed by atoms with Gasteiger partial charge in [-0.3, -0.25) is 0 Å². The quantitative estimate of drug-likeness (QED) is 0.905. The van der Waals surface area contributed by atoms with Gasteiger partial charge in [0.1, 0.15) is 5.75 Å². The SMILES string of the molecule is CNCc1ccc(N(C)c2cccc(OC)c2)c(Cl)c1. The molecule has 0 aliphatic rings. The summed E-state index contributed by atoms with van der Waals surface area (Å²) in [6.45, 7) is 0.808. The van der Waals surface area contributed by atoms with Crippen LogP contribution in [0.2, 0.25) is 5.02 Å². The third-order valence-electron chi connectivity index (χ3n) is 3.19. The van der Waals surface area contributed by atoms with E-state index in [1.807, 2.05) is 55.4 Å². The van der Waals surface area contributed by atoms with Crippen molar-refractivity contribution in [2.24, 2.45) is 0 Å². The third kappa shape index (κ3) is 3.24. The molecule has 0 aliphatic heterocycles. The van der Waals surface area contributed by atoms with E-state index in [9.17, 15) is 0 Å². The number of benzene rings is 2. The summed E-state index contributed by atoms with van der Waals surface area (Å²) in [7, 11) is 5.58. The summed E-state index contributed by atoms with van der Waals surface area (Å²) in [5.74, 6) is 0.831. The summed E-state index contributed by atoms with van der Waals surface area (Å²) in [5, 5.41) is 3.86. The predicted molar refractivity (Wildman–Crippen MR) is 85.3 cm³/mol. The van der Waals surface area contributed by atoms with Gasteiger partial charge in [0.05, 0.1) is 17.8 Å². The second-order valence-corrected chi connectivity index (χ2v) is 4.98. The smallest absolute Gasteiger partial charge is 0.120 e. The van der Waals surface area contributed by atoms with Crippen molar-refractivity contribution in [1.29, 1.82) is 0 Å². The van der Waals surface area contributed by atoms with Gasteiger partial charge in [0.15, 0.2) is 0 Å². The molecule has 2 aromatic carbocycles. The minimum Gasteiger partial charge on any atom is -0.497 e. The average Bonchev–Trinajstić information content (AvgIpc) is 2.47. The summed E-state index contributed by atoms with van der Waals surface area (Å²) in [5.41, 5.74) is 3.17. The van der Waals surface area contributed by atoms with Crippen LogP contribution in [0.25, 0.3) is 0 Å². The molecule has 1 N–H and O–H groups in total. The molecule has 4 heteroatoms. The standard InChI is InChI=1S/C16H19ClN2O/c1-18-11-12-7-8-16(15(17)9-12)19(2)13-5-4-6-14(10-13)20-3/h4-10,18H,11H2,1-3H3. The van der Waals surface area contributed by atoms with Crippen LogP contribution in [-0.4, -0.2) is 21.2 Å². The molecular formula is C16H19ClN2O. The van der Waals surface area contributed by atoms with Crippen molar-refractivity contribution < 1.29 is 4.74 Å². The van der Waals surface area contributed by atoms with E-state index in [0.29, 0.717) is 0 Å². The van der Waals surface area contributed by atoms with Crippen LogP contribution in [0.4, 0.5) is 11.4 Å². The van der Waals surface area contributed by atoms with Crippen molar-refractivity contribution in [3.05, 3.63) is 53.1 Å². The molecule has 0 bridgehead atoms. The molecule has 0 saturated heterocycles. The van der Waals surface area contributed by atoms with E-state index in [0.717, 1.165) is 28.7 Å². The molecule has 2 rings (SSSR count). The molecule has 0 saturated carbocycles. The van der Waals surface area contributed by atoms with Gasteiger partial charge in [-0.1, -0.05) is 23.7 Å². The number of halogens is 1. The summed E-state index contributed by atoms with van der Waals surface area (Å²) < 4.78 is 5.25. The van der Waals surface area contributed by atoms with E-state index in [1.54, 1.807) is 7.11 Å². The Morgan fingerprint density at radius 1 is 1.20 bits per heavy atom. The van der Waals surface area contributed by atoms with Crippen molar-refractivity contribution in [3.8, 4) is 5.75 Å². The molecule has 0 unspecified atom stereocenters. The molecule has 2 aromatic rings. The Balaban J connectivity index is 2.30. The highest BCUT2D eigenvalue weighted by Crippen LogP contribution is 2.32. The average molecular weight is 291 g/mol. The van der Waals surface area contributed by atoms with Gasteiger partial charge in [-0.25, -0.2) is 0 Å². The fraction of sp³-hybridized carbons (Fsp3) is 0.250. The van der Waals surface area contributed by atoms with Gasteiger partial charge in [0.25, 0.3) is 0 Å². The monoisotopic (exact) mass is 290 g/mol. The van der Waals surface area contributed by atoms with E-state index >= 15 is 0 Å². The van der Waals surface area contributed by atoms with Gasteiger partial charge in [-0.2, -0.15) is 0 Å². The van der Waals surface area contributed by atoms with E-state index in [2.05, 4.69) is 11.4 Å². The number of hydrogen-bond acceptors (Lipinski definition) is 3. The zero-order chi connectivity index (χ0) is 14.5. The number of nitrogens with one attached hydrogen (secondary N) is 1. The van der Waals surface area contributed by atoms with Crippen molar-refractivity contribution >= 4 is 23.0 Å². The Bertz CT molecular complexity index is 586. The molecule has 0 aromatic heterocycles. The predicted octanol–water partition coefficient (Wildman–Crippen LogP) is 3.84. The van der Waals surface area contributed by atoms with E-state index in [4.69, 9.17) is 16.3 Å². The molecule has 3 nitrogen and oxygen atoms in total. The minimum atomic E-state index is 0.739. The van der Waals surface area contributed by atoms with Crippen LogP contribution in [0.15, 0.2) is 42.5 Å². The van der Waals surface area contributed by atoms with Gasteiger partial charge in [0.2, 0.25) is 0 Å². The molecule has 0 amide bonds. The number of hydrogen-bond donors (Lipinski definition) is 1. The molecule has 106 valence electrons. The first-order chi connectivity index (χ1) is 9.65. The summed E-state index contributed by atoms with van der Waals surface area (Å²) in [4.78, 5) is 2.05. The first-order valence-corrected chi connectivity index (χ1v) is 6.84.